The van der Waals surface area contributed by atoms with Gasteiger partial charge in [-0.1, -0.05) is 55.7 Å². The molecule has 5 aromatic rings. The Morgan fingerprint density at radius 1 is 1.11 bits per heavy atom. The van der Waals surface area contributed by atoms with Gasteiger partial charge in [0.25, 0.3) is 11.7 Å². The molecule has 0 unspecified atom stereocenters. The molecule has 0 aliphatic carbocycles. The summed E-state index contributed by atoms with van der Waals surface area (Å²) in [6.45, 7) is 8.12. The molecule has 0 bridgehead atoms. The van der Waals surface area contributed by atoms with Crippen LogP contribution in [0.1, 0.15) is 58.8 Å². The third kappa shape index (κ3) is 4.92. The van der Waals surface area contributed by atoms with E-state index in [0.717, 1.165) is 45.3 Å². The van der Waals surface area contributed by atoms with E-state index in [1.54, 1.807) is 16.6 Å². The average molecular weight is 529 g/mol. The number of aromatic nitrogens is 5. The topological polar surface area (TPSA) is 115 Å². The van der Waals surface area contributed by atoms with E-state index in [9.17, 15) is 9.59 Å². The summed E-state index contributed by atoms with van der Waals surface area (Å²) in [7, 11) is 0. The minimum atomic E-state index is -0.396. The Morgan fingerprint density at radius 3 is 2.58 bits per heavy atom. The number of halogens is 1. The van der Waals surface area contributed by atoms with E-state index in [1.807, 2.05) is 64.2 Å². The second kappa shape index (κ2) is 9.83. The second-order valence-corrected chi connectivity index (χ2v) is 10.4. The van der Waals surface area contributed by atoms with Gasteiger partial charge in [0, 0.05) is 34.8 Å². The molecular formula is C28H25ClN6O3. The van der Waals surface area contributed by atoms with Crippen molar-refractivity contribution in [2.75, 3.05) is 0 Å². The van der Waals surface area contributed by atoms with Gasteiger partial charge in [0.15, 0.2) is 6.29 Å². The molecule has 0 saturated carbocycles. The number of hydrogen-bond donors (Lipinski definition) is 1. The molecule has 2 aromatic carbocycles. The summed E-state index contributed by atoms with van der Waals surface area (Å²) in [5, 5.41) is 11.4. The van der Waals surface area contributed by atoms with Gasteiger partial charge in [0.1, 0.15) is 6.33 Å². The number of benzene rings is 2. The number of rotatable bonds is 6. The van der Waals surface area contributed by atoms with Crippen LogP contribution in [0.25, 0.3) is 27.9 Å². The Hall–Kier alpha value is -4.37. The number of amides is 1. The van der Waals surface area contributed by atoms with E-state index in [2.05, 4.69) is 25.5 Å². The van der Waals surface area contributed by atoms with Gasteiger partial charge in [-0.05, 0) is 47.9 Å². The maximum Gasteiger partial charge on any atom is 0.292 e. The normalized spacial score (nSPS) is 11.6. The lowest BCUT2D eigenvalue weighted by molar-refractivity contribution is 0.0937. The highest BCUT2D eigenvalue weighted by Gasteiger charge is 2.24. The fourth-order valence-corrected chi connectivity index (χ4v) is 4.25. The lowest BCUT2D eigenvalue weighted by Gasteiger charge is -2.10. The molecule has 0 fully saturated rings. The van der Waals surface area contributed by atoms with E-state index < -0.39 is 5.91 Å². The van der Waals surface area contributed by atoms with Gasteiger partial charge in [-0.3, -0.25) is 9.59 Å². The van der Waals surface area contributed by atoms with Crippen molar-refractivity contribution in [1.82, 2.24) is 30.1 Å². The molecule has 0 atom stereocenters. The van der Waals surface area contributed by atoms with Crippen molar-refractivity contribution in [3.05, 3.63) is 88.4 Å². The molecule has 9 nitrogen and oxygen atoms in total. The molecule has 0 radical (unpaired) electrons. The molecule has 1 amide bonds. The van der Waals surface area contributed by atoms with Crippen LogP contribution in [0.4, 0.5) is 0 Å². The number of aldehydes is 1. The number of fused-ring (bicyclic) bond motifs is 1. The highest BCUT2D eigenvalue weighted by molar-refractivity contribution is 6.33. The van der Waals surface area contributed by atoms with Crippen LogP contribution in [0.5, 0.6) is 0 Å². The van der Waals surface area contributed by atoms with Crippen molar-refractivity contribution in [2.24, 2.45) is 0 Å². The van der Waals surface area contributed by atoms with E-state index in [-0.39, 0.29) is 11.2 Å². The Balaban J connectivity index is 1.37. The predicted octanol–water partition coefficient (Wildman–Crippen LogP) is 5.45. The number of carbonyl (C=O) groups excluding carboxylic acids is 2. The lowest BCUT2D eigenvalue weighted by Crippen LogP contribution is -2.24. The van der Waals surface area contributed by atoms with Gasteiger partial charge in [-0.15, -0.1) is 0 Å². The maximum absolute atomic E-state index is 12.5. The fourth-order valence-electron chi connectivity index (χ4n) is 4.03. The van der Waals surface area contributed by atoms with Crippen LogP contribution in [0.3, 0.4) is 0 Å². The van der Waals surface area contributed by atoms with Crippen LogP contribution in [0.2, 0.25) is 5.02 Å². The highest BCUT2D eigenvalue weighted by Crippen LogP contribution is 2.31. The van der Waals surface area contributed by atoms with Gasteiger partial charge in [0.05, 0.1) is 16.2 Å². The third-order valence-corrected chi connectivity index (χ3v) is 6.52. The van der Waals surface area contributed by atoms with Crippen molar-refractivity contribution in [2.45, 2.75) is 39.7 Å². The van der Waals surface area contributed by atoms with Gasteiger partial charge in [-0.25, -0.2) is 9.50 Å². The zero-order chi connectivity index (χ0) is 27.0. The minimum Gasteiger partial charge on any atom is -0.345 e. The molecule has 0 saturated heterocycles. The zero-order valence-electron chi connectivity index (χ0n) is 21.3. The Labute approximate surface area is 223 Å². The predicted molar refractivity (Wildman–Crippen MR) is 143 cm³/mol. The SMILES string of the molecule is Cc1cc(-c2ncnn3cc(-c4ccc(C=O)c(Cl)c4)cc23)ccc1CNC(=O)c1noc(C(C)(C)C)n1. The van der Waals surface area contributed by atoms with Crippen LogP contribution in [-0.2, 0) is 12.0 Å². The van der Waals surface area contributed by atoms with Gasteiger partial charge >= 0.3 is 0 Å². The molecule has 10 heteroatoms. The first-order chi connectivity index (χ1) is 18.1. The first-order valence-electron chi connectivity index (χ1n) is 11.9. The van der Waals surface area contributed by atoms with E-state index in [4.69, 9.17) is 16.1 Å². The van der Waals surface area contributed by atoms with Crippen molar-refractivity contribution < 1.29 is 14.1 Å². The molecule has 1 N–H and O–H groups in total. The molecule has 3 heterocycles. The quantitative estimate of drug-likeness (QED) is 0.291. The maximum atomic E-state index is 12.5. The number of nitrogens with one attached hydrogen (secondary N) is 1. The summed E-state index contributed by atoms with van der Waals surface area (Å²) >= 11 is 6.23. The summed E-state index contributed by atoms with van der Waals surface area (Å²) in [5.41, 5.74) is 6.33. The number of carbonyl (C=O) groups is 2. The summed E-state index contributed by atoms with van der Waals surface area (Å²) in [4.78, 5) is 32.4. The second-order valence-electron chi connectivity index (χ2n) is 10.0. The molecule has 3 aromatic heterocycles. The van der Waals surface area contributed by atoms with E-state index in [1.165, 1.54) is 6.33 Å². The van der Waals surface area contributed by atoms with Crippen molar-refractivity contribution in [3.63, 3.8) is 0 Å². The molecule has 0 aliphatic heterocycles. The van der Waals surface area contributed by atoms with Crippen molar-refractivity contribution >= 4 is 29.3 Å². The Morgan fingerprint density at radius 2 is 1.89 bits per heavy atom. The van der Waals surface area contributed by atoms with Crippen LogP contribution < -0.4 is 5.32 Å². The van der Waals surface area contributed by atoms with Crippen LogP contribution in [-0.4, -0.2) is 36.9 Å². The summed E-state index contributed by atoms with van der Waals surface area (Å²) < 4.78 is 6.98. The molecule has 192 valence electrons. The Kier molecular flexibility index (Phi) is 6.54. The molecule has 5 rings (SSSR count). The van der Waals surface area contributed by atoms with Gasteiger partial charge in [-0.2, -0.15) is 10.1 Å². The monoisotopic (exact) mass is 528 g/mol. The number of nitrogens with zero attached hydrogens (tertiary/aromatic N) is 5. The fraction of sp³-hybridized carbons (Fsp3) is 0.214. The third-order valence-electron chi connectivity index (χ3n) is 6.19. The van der Waals surface area contributed by atoms with Crippen molar-refractivity contribution in [3.8, 4) is 22.4 Å². The molecule has 38 heavy (non-hydrogen) atoms. The summed E-state index contributed by atoms with van der Waals surface area (Å²) in [6.07, 6.45) is 4.14. The first kappa shape index (κ1) is 25.3. The van der Waals surface area contributed by atoms with Crippen molar-refractivity contribution in [1.29, 1.82) is 0 Å². The molecule has 0 aliphatic rings. The van der Waals surface area contributed by atoms with Crippen LogP contribution >= 0.6 is 11.6 Å². The van der Waals surface area contributed by atoms with E-state index in [0.29, 0.717) is 23.0 Å². The minimum absolute atomic E-state index is 0.0127. The highest BCUT2D eigenvalue weighted by atomic mass is 35.5. The molecular weight excluding hydrogens is 504 g/mol. The standard InChI is InChI=1S/C28H25ClN6O3/c1-16-9-18(6-7-19(16)12-30-26(37)25-33-27(38-34-25)28(2,3)4)24-23-11-21(13-35(23)32-15-31-24)17-5-8-20(14-36)22(29)10-17/h5-11,13-15H,12H2,1-4H3,(H,30,37). The van der Waals surface area contributed by atoms with Gasteiger partial charge in [0.2, 0.25) is 5.89 Å². The summed E-state index contributed by atoms with van der Waals surface area (Å²) in [5.74, 6) is 0.0277. The average Bonchev–Trinajstić information content (AvgIpc) is 3.55. The summed E-state index contributed by atoms with van der Waals surface area (Å²) in [6, 6.07) is 13.2. The smallest absolute Gasteiger partial charge is 0.292 e. The number of aryl methyl sites for hydroxylation is 1. The largest absolute Gasteiger partial charge is 0.345 e. The van der Waals surface area contributed by atoms with E-state index >= 15 is 0 Å². The molecule has 0 spiro atoms. The first-order valence-corrected chi connectivity index (χ1v) is 12.3. The van der Waals surface area contributed by atoms with Crippen LogP contribution in [0.15, 0.2) is 59.5 Å². The lowest BCUT2D eigenvalue weighted by atomic mass is 9.97. The zero-order valence-corrected chi connectivity index (χ0v) is 22.1. The number of hydrogen-bond acceptors (Lipinski definition) is 7. The Bertz CT molecular complexity index is 1680. The van der Waals surface area contributed by atoms with Crippen LogP contribution in [0, 0.1) is 6.92 Å². The van der Waals surface area contributed by atoms with Gasteiger partial charge < -0.3 is 9.84 Å².